The molecule has 0 aromatic carbocycles. The molecular weight excluding hydrogens is 488 g/mol. The zero-order valence-electron chi connectivity index (χ0n) is 25.7. The highest BCUT2D eigenvalue weighted by atomic mass is 16.6. The third-order valence-electron chi connectivity index (χ3n) is 7.73. The third-order valence-corrected chi connectivity index (χ3v) is 7.73. The number of unbranched alkanes of at least 4 members (excludes halogenated alkanes) is 18. The van der Waals surface area contributed by atoms with Crippen LogP contribution in [0.4, 0.5) is 0 Å². The number of esters is 2. The van der Waals surface area contributed by atoms with Crippen molar-refractivity contribution in [1.29, 1.82) is 0 Å². The molecule has 227 valence electrons. The van der Waals surface area contributed by atoms with Gasteiger partial charge in [0.2, 0.25) is 0 Å². The Labute approximate surface area is 240 Å². The van der Waals surface area contributed by atoms with Crippen LogP contribution in [0.3, 0.4) is 0 Å². The van der Waals surface area contributed by atoms with Crippen molar-refractivity contribution in [1.82, 2.24) is 0 Å². The van der Waals surface area contributed by atoms with E-state index in [4.69, 9.17) is 9.47 Å². The number of rotatable bonds is 29. The van der Waals surface area contributed by atoms with Crippen molar-refractivity contribution < 1.29 is 19.1 Å². The van der Waals surface area contributed by atoms with Crippen LogP contribution >= 0.6 is 0 Å². The molecule has 1 rings (SSSR count). The van der Waals surface area contributed by atoms with Gasteiger partial charge in [-0.25, -0.2) is 0 Å². The summed E-state index contributed by atoms with van der Waals surface area (Å²) in [5.41, 5.74) is -0.0228. The third kappa shape index (κ3) is 22.0. The maximum Gasteiger partial charge on any atom is 0.306 e. The highest BCUT2D eigenvalue weighted by Gasteiger charge is 2.37. The van der Waals surface area contributed by atoms with Gasteiger partial charge in [0.15, 0.2) is 5.66 Å². The van der Waals surface area contributed by atoms with Crippen molar-refractivity contribution in [3.8, 4) is 0 Å². The minimum Gasteiger partial charge on any atom is -0.462 e. The molecule has 1 aliphatic heterocycles. The lowest BCUT2D eigenvalue weighted by Crippen LogP contribution is -2.22. The van der Waals surface area contributed by atoms with E-state index >= 15 is 0 Å². The molecule has 0 aromatic rings. The number of carbonyl (C=O) groups excluding carboxylic acids is 2. The fourth-order valence-corrected chi connectivity index (χ4v) is 5.06. The summed E-state index contributed by atoms with van der Waals surface area (Å²) in [6.45, 7) is 8.32. The fourth-order valence-electron chi connectivity index (χ4n) is 5.06. The lowest BCUT2D eigenvalue weighted by molar-refractivity contribution is -0.156. The van der Waals surface area contributed by atoms with Gasteiger partial charge in [-0.2, -0.15) is 10.2 Å². The van der Waals surface area contributed by atoms with Crippen molar-refractivity contribution in [2.45, 2.75) is 186 Å². The molecule has 1 heterocycles. The van der Waals surface area contributed by atoms with Gasteiger partial charge >= 0.3 is 11.9 Å². The molecule has 1 unspecified atom stereocenters. The molecule has 39 heavy (non-hydrogen) atoms. The summed E-state index contributed by atoms with van der Waals surface area (Å²) in [7, 11) is 0. The average Bonchev–Trinajstić information content (AvgIpc) is 3.70. The SMILES string of the molecule is [CH2]C(COC(=O)CCCCCCCCCCCCCCC)OC(=O)CCCCCCCCC1(CCCC)N=N1. The summed E-state index contributed by atoms with van der Waals surface area (Å²) in [6, 6.07) is 0. The van der Waals surface area contributed by atoms with Crippen LogP contribution in [0.15, 0.2) is 10.2 Å². The first-order valence-corrected chi connectivity index (χ1v) is 16.6. The molecular formula is C33H61N2O4. The van der Waals surface area contributed by atoms with Crippen LogP contribution in [0.25, 0.3) is 0 Å². The van der Waals surface area contributed by atoms with Crippen LogP contribution in [0.1, 0.15) is 174 Å². The van der Waals surface area contributed by atoms with Gasteiger partial charge in [-0.15, -0.1) is 0 Å². The van der Waals surface area contributed by atoms with Gasteiger partial charge in [0.25, 0.3) is 0 Å². The Morgan fingerprint density at radius 3 is 1.49 bits per heavy atom. The lowest BCUT2D eigenvalue weighted by Gasteiger charge is -2.13. The predicted molar refractivity (Wildman–Crippen MR) is 161 cm³/mol. The number of ether oxygens (including phenoxy) is 2. The second-order valence-electron chi connectivity index (χ2n) is 11.7. The van der Waals surface area contributed by atoms with Gasteiger partial charge in [-0.05, 0) is 45.4 Å². The Hall–Kier alpha value is -1.46. The minimum absolute atomic E-state index is 0.0228. The van der Waals surface area contributed by atoms with Gasteiger partial charge in [-0.1, -0.05) is 123 Å². The Morgan fingerprint density at radius 1 is 0.590 bits per heavy atom. The molecule has 1 radical (unpaired) electrons. The predicted octanol–water partition coefficient (Wildman–Crippen LogP) is 10.2. The molecule has 0 amide bonds. The minimum atomic E-state index is -0.633. The molecule has 0 aromatic heterocycles. The summed E-state index contributed by atoms with van der Waals surface area (Å²) in [5.74, 6) is -0.472. The molecule has 0 N–H and O–H groups in total. The number of carbonyl (C=O) groups is 2. The Kier molecular flexibility index (Phi) is 22.2. The lowest BCUT2D eigenvalue weighted by atomic mass is 9.98. The summed E-state index contributed by atoms with van der Waals surface area (Å²) in [6.07, 6.45) is 28.0. The fraction of sp³-hybridized carbons (Fsp3) is 0.909. The van der Waals surface area contributed by atoms with Crippen molar-refractivity contribution in [3.63, 3.8) is 0 Å². The van der Waals surface area contributed by atoms with E-state index in [2.05, 4.69) is 31.0 Å². The van der Waals surface area contributed by atoms with E-state index in [1.165, 1.54) is 103 Å². The van der Waals surface area contributed by atoms with E-state index in [0.29, 0.717) is 12.8 Å². The summed E-state index contributed by atoms with van der Waals surface area (Å²) < 4.78 is 10.5. The van der Waals surface area contributed by atoms with E-state index in [1.54, 1.807) is 0 Å². The Morgan fingerprint density at radius 2 is 1.00 bits per heavy atom. The summed E-state index contributed by atoms with van der Waals surface area (Å²) in [4.78, 5) is 24.0. The normalized spacial score (nSPS) is 14.3. The molecule has 0 spiro atoms. The second-order valence-corrected chi connectivity index (χ2v) is 11.7. The van der Waals surface area contributed by atoms with Gasteiger partial charge in [-0.3, -0.25) is 9.59 Å². The van der Waals surface area contributed by atoms with Crippen molar-refractivity contribution in [2.24, 2.45) is 10.2 Å². The monoisotopic (exact) mass is 549 g/mol. The summed E-state index contributed by atoms with van der Waals surface area (Å²) >= 11 is 0. The molecule has 0 saturated carbocycles. The largest absolute Gasteiger partial charge is 0.462 e. The quantitative estimate of drug-likeness (QED) is 0.0686. The molecule has 6 heteroatoms. The topological polar surface area (TPSA) is 77.3 Å². The average molecular weight is 550 g/mol. The summed E-state index contributed by atoms with van der Waals surface area (Å²) in [5, 5.41) is 8.53. The zero-order valence-corrected chi connectivity index (χ0v) is 25.7. The van der Waals surface area contributed by atoms with Crippen LogP contribution < -0.4 is 0 Å². The van der Waals surface area contributed by atoms with Gasteiger partial charge < -0.3 is 9.47 Å². The van der Waals surface area contributed by atoms with Crippen LogP contribution in [0.5, 0.6) is 0 Å². The molecule has 1 aliphatic rings. The maximum atomic E-state index is 12.0. The van der Waals surface area contributed by atoms with Crippen LogP contribution in [-0.4, -0.2) is 30.3 Å². The van der Waals surface area contributed by atoms with E-state index in [0.717, 1.165) is 44.9 Å². The standard InChI is InChI=1S/C33H61N2O4/c1-4-6-8-9-10-11-12-13-14-15-16-19-22-25-31(36)38-29-30(3)39-32(37)26-23-20-17-18-21-24-28-33(34-35-33)27-7-5-2/h30H,3-29H2,1-2H3. The van der Waals surface area contributed by atoms with Crippen LogP contribution in [0, 0.1) is 6.92 Å². The first kappa shape index (κ1) is 35.6. The second kappa shape index (κ2) is 24.3. The maximum absolute atomic E-state index is 12.0. The molecule has 0 fully saturated rings. The van der Waals surface area contributed by atoms with Crippen LogP contribution in [0.2, 0.25) is 0 Å². The molecule has 0 bridgehead atoms. The van der Waals surface area contributed by atoms with Crippen molar-refractivity contribution in [2.75, 3.05) is 6.61 Å². The smallest absolute Gasteiger partial charge is 0.306 e. The molecule has 6 nitrogen and oxygen atoms in total. The highest BCUT2D eigenvalue weighted by Crippen LogP contribution is 2.38. The van der Waals surface area contributed by atoms with Gasteiger partial charge in [0, 0.05) is 12.8 Å². The van der Waals surface area contributed by atoms with Gasteiger partial charge in [0.05, 0.1) is 0 Å². The van der Waals surface area contributed by atoms with E-state index in [9.17, 15) is 9.59 Å². The molecule has 0 saturated heterocycles. The number of hydrogen-bond acceptors (Lipinski definition) is 6. The highest BCUT2D eigenvalue weighted by molar-refractivity contribution is 5.70. The van der Waals surface area contributed by atoms with Crippen molar-refractivity contribution in [3.05, 3.63) is 6.92 Å². The van der Waals surface area contributed by atoms with Crippen molar-refractivity contribution >= 4 is 11.9 Å². The van der Waals surface area contributed by atoms with E-state index in [1.807, 2.05) is 0 Å². The Balaban J connectivity index is 1.84. The van der Waals surface area contributed by atoms with E-state index < -0.39 is 6.10 Å². The molecule has 0 aliphatic carbocycles. The zero-order chi connectivity index (χ0) is 28.4. The van der Waals surface area contributed by atoms with Crippen LogP contribution in [-0.2, 0) is 19.1 Å². The van der Waals surface area contributed by atoms with E-state index in [-0.39, 0.29) is 24.2 Å². The first-order chi connectivity index (χ1) is 19.0. The molecule has 1 atom stereocenters. The number of nitrogens with zero attached hydrogens (tertiary/aromatic N) is 2. The number of hydrogen-bond donors (Lipinski definition) is 0. The Bertz CT molecular complexity index is 631. The first-order valence-electron chi connectivity index (χ1n) is 16.6. The van der Waals surface area contributed by atoms with Gasteiger partial charge in [0.1, 0.15) is 12.7 Å².